The highest BCUT2D eigenvalue weighted by Gasteiger charge is 2.38. The van der Waals surface area contributed by atoms with Gasteiger partial charge >= 0.3 is 7.60 Å². The summed E-state index contributed by atoms with van der Waals surface area (Å²) in [6.07, 6.45) is -1.35. The number of hydrogen-bond acceptors (Lipinski definition) is 8. The number of fused-ring (bicyclic) bond motifs is 2. The molecule has 0 saturated carbocycles. The van der Waals surface area contributed by atoms with Gasteiger partial charge in [-0.3, -0.25) is 9.13 Å². The highest BCUT2D eigenvalue weighted by molar-refractivity contribution is 7.51. The maximum atomic E-state index is 11.1. The molecule has 1 unspecified atom stereocenters. The van der Waals surface area contributed by atoms with Gasteiger partial charge in [0.1, 0.15) is 12.1 Å². The monoisotopic (exact) mass is 531 g/mol. The van der Waals surface area contributed by atoms with Crippen LogP contribution in [0, 0.1) is 0 Å². The molecule has 0 bridgehead atoms. The van der Waals surface area contributed by atoms with Crippen LogP contribution in [0.25, 0.3) is 21.9 Å². The molecule has 0 spiro atoms. The molecular weight excluding hydrogens is 509 g/mol. The Bertz CT molecular complexity index is 1510. The number of anilines is 1. The molecule has 36 heavy (non-hydrogen) atoms. The van der Waals surface area contributed by atoms with Crippen LogP contribution in [-0.4, -0.2) is 51.8 Å². The van der Waals surface area contributed by atoms with E-state index >= 15 is 0 Å². The SMILES string of the molecule is O=P(O)(O)CCCC1=C(O)C(O)[C@H](n2cnc3c(NCc4cccc5ccccc45)nc(Cl)nc32)O1. The number of ether oxygens (including phenoxy) is 1. The summed E-state index contributed by atoms with van der Waals surface area (Å²) in [5.74, 6) is 0.0440. The number of imidazole rings is 1. The van der Waals surface area contributed by atoms with Crippen LogP contribution in [0.3, 0.4) is 0 Å². The number of nitrogens with zero attached hydrogens (tertiary/aromatic N) is 4. The Kier molecular flexibility index (Phi) is 6.59. The standard InChI is InChI=1S/C23H23ClN5O6P/c24-23-27-20(25-11-14-7-3-6-13-5-1-2-8-15(13)14)17-21(28-23)29(12-26-17)22-19(31)18(30)16(35-22)9-4-10-36(32,33)34/h1-3,5-8,12,19,22,30-31H,4,9-11H2,(H,25,27,28)(H2,32,33,34)/t19?,22-/m1/s1. The van der Waals surface area contributed by atoms with Crippen LogP contribution in [0.15, 0.2) is 60.3 Å². The fourth-order valence-corrected chi connectivity index (χ4v) is 4.97. The second-order valence-electron chi connectivity index (χ2n) is 8.41. The topological polar surface area (TPSA) is 163 Å². The van der Waals surface area contributed by atoms with Crippen molar-refractivity contribution < 1.29 is 29.3 Å². The maximum absolute atomic E-state index is 11.1. The van der Waals surface area contributed by atoms with E-state index in [1.54, 1.807) is 0 Å². The van der Waals surface area contributed by atoms with Gasteiger partial charge in [0.25, 0.3) is 0 Å². The molecule has 0 radical (unpaired) electrons. The molecule has 5 N–H and O–H groups in total. The van der Waals surface area contributed by atoms with Gasteiger partial charge in [-0.15, -0.1) is 0 Å². The molecule has 2 aromatic heterocycles. The summed E-state index contributed by atoms with van der Waals surface area (Å²) in [6.45, 7) is 0.450. The Morgan fingerprint density at radius 1 is 1.14 bits per heavy atom. The minimum absolute atomic E-state index is 0.0452. The molecule has 13 heteroatoms. The van der Waals surface area contributed by atoms with Crippen molar-refractivity contribution in [3.05, 3.63) is 71.2 Å². The number of benzene rings is 2. The lowest BCUT2D eigenvalue weighted by Gasteiger charge is -2.17. The summed E-state index contributed by atoms with van der Waals surface area (Å²) in [5.41, 5.74) is 1.73. The van der Waals surface area contributed by atoms with Crippen LogP contribution in [0.2, 0.25) is 5.28 Å². The van der Waals surface area contributed by atoms with Gasteiger partial charge in [-0.2, -0.15) is 9.97 Å². The lowest BCUT2D eigenvalue weighted by molar-refractivity contribution is -0.00777. The van der Waals surface area contributed by atoms with Crippen LogP contribution in [-0.2, 0) is 15.8 Å². The maximum Gasteiger partial charge on any atom is 0.325 e. The first-order valence-electron chi connectivity index (χ1n) is 11.1. The van der Waals surface area contributed by atoms with E-state index in [0.717, 1.165) is 16.3 Å². The molecule has 4 aromatic rings. The second kappa shape index (κ2) is 9.68. The molecule has 188 valence electrons. The molecule has 2 atom stereocenters. The van der Waals surface area contributed by atoms with Crippen LogP contribution >= 0.6 is 19.2 Å². The predicted octanol–water partition coefficient (Wildman–Crippen LogP) is 3.86. The second-order valence-corrected chi connectivity index (χ2v) is 10.5. The lowest BCUT2D eigenvalue weighted by atomic mass is 10.0. The third-order valence-corrected chi connectivity index (χ3v) is 7.01. The summed E-state index contributed by atoms with van der Waals surface area (Å²) >= 11 is 6.20. The van der Waals surface area contributed by atoms with Gasteiger partial charge < -0.3 is 30.1 Å². The average molecular weight is 532 g/mol. The first-order chi connectivity index (χ1) is 17.2. The van der Waals surface area contributed by atoms with Gasteiger partial charge in [0.15, 0.2) is 28.8 Å². The zero-order valence-electron chi connectivity index (χ0n) is 18.8. The third-order valence-electron chi connectivity index (χ3n) is 5.95. The smallest absolute Gasteiger partial charge is 0.325 e. The fourth-order valence-electron chi connectivity index (χ4n) is 4.24. The Hall–Kier alpha value is -3.21. The number of rotatable bonds is 8. The van der Waals surface area contributed by atoms with Crippen molar-refractivity contribution in [3.63, 3.8) is 0 Å². The van der Waals surface area contributed by atoms with Crippen LogP contribution in [0.5, 0.6) is 0 Å². The number of allylic oxidation sites excluding steroid dienone is 1. The average Bonchev–Trinajstić information content (AvgIpc) is 3.37. The van der Waals surface area contributed by atoms with Crippen molar-refractivity contribution in [2.75, 3.05) is 11.5 Å². The number of aliphatic hydroxyl groups is 2. The van der Waals surface area contributed by atoms with Crippen LogP contribution in [0.1, 0.15) is 24.6 Å². The third kappa shape index (κ3) is 4.88. The molecular formula is C23H23ClN5O6P. The molecule has 1 aliphatic rings. The molecule has 2 aromatic carbocycles. The molecule has 5 rings (SSSR count). The van der Waals surface area contributed by atoms with E-state index in [2.05, 4.69) is 20.3 Å². The number of halogens is 1. The van der Waals surface area contributed by atoms with E-state index in [9.17, 15) is 14.8 Å². The van der Waals surface area contributed by atoms with E-state index in [1.165, 1.54) is 10.9 Å². The molecule has 1 aliphatic heterocycles. The Morgan fingerprint density at radius 3 is 2.72 bits per heavy atom. The van der Waals surface area contributed by atoms with Crippen molar-refractivity contribution >= 4 is 47.0 Å². The zero-order valence-corrected chi connectivity index (χ0v) is 20.5. The first kappa shape index (κ1) is 24.5. The number of aliphatic hydroxyl groups excluding tert-OH is 2. The van der Waals surface area contributed by atoms with E-state index in [4.69, 9.17) is 26.1 Å². The minimum atomic E-state index is -4.18. The van der Waals surface area contributed by atoms with Crippen LogP contribution in [0.4, 0.5) is 5.82 Å². The van der Waals surface area contributed by atoms with Gasteiger partial charge in [0, 0.05) is 13.0 Å². The van der Waals surface area contributed by atoms with Gasteiger partial charge in [0.2, 0.25) is 11.5 Å². The lowest BCUT2D eigenvalue weighted by Crippen LogP contribution is -2.22. The highest BCUT2D eigenvalue weighted by atomic mass is 35.5. The summed E-state index contributed by atoms with van der Waals surface area (Å²) in [4.78, 5) is 31.0. The largest absolute Gasteiger partial charge is 0.506 e. The molecule has 11 nitrogen and oxygen atoms in total. The van der Waals surface area contributed by atoms with Gasteiger partial charge in [-0.1, -0.05) is 42.5 Å². The first-order valence-corrected chi connectivity index (χ1v) is 13.3. The zero-order chi connectivity index (χ0) is 25.4. The van der Waals surface area contributed by atoms with Crippen molar-refractivity contribution in [3.8, 4) is 0 Å². The molecule has 0 fully saturated rings. The number of aromatic nitrogens is 4. The molecule has 0 amide bonds. The Morgan fingerprint density at radius 2 is 1.92 bits per heavy atom. The van der Waals surface area contributed by atoms with Crippen LogP contribution < -0.4 is 5.32 Å². The van der Waals surface area contributed by atoms with E-state index < -0.39 is 25.7 Å². The summed E-state index contributed by atoms with van der Waals surface area (Å²) in [7, 11) is -4.18. The van der Waals surface area contributed by atoms with Gasteiger partial charge in [-0.05, 0) is 34.4 Å². The molecule has 3 heterocycles. The Balaban J connectivity index is 1.38. The quantitative estimate of drug-likeness (QED) is 0.167. The normalized spacial score (nSPS) is 18.2. The van der Waals surface area contributed by atoms with Crippen molar-refractivity contribution in [2.24, 2.45) is 0 Å². The summed E-state index contributed by atoms with van der Waals surface area (Å²) in [5, 5.41) is 26.4. The number of hydrogen-bond donors (Lipinski definition) is 5. The summed E-state index contributed by atoms with van der Waals surface area (Å²) < 4.78 is 18.3. The molecule has 0 saturated heterocycles. The van der Waals surface area contributed by atoms with Crippen molar-refractivity contribution in [2.45, 2.75) is 31.7 Å². The van der Waals surface area contributed by atoms with Gasteiger partial charge in [0.05, 0.1) is 6.16 Å². The Labute approximate surface area is 210 Å². The van der Waals surface area contributed by atoms with Crippen molar-refractivity contribution in [1.29, 1.82) is 0 Å². The van der Waals surface area contributed by atoms with E-state index in [-0.39, 0.29) is 35.7 Å². The fraction of sp³-hybridized carbons (Fsp3) is 0.261. The highest BCUT2D eigenvalue weighted by Crippen LogP contribution is 2.39. The number of nitrogens with one attached hydrogen (secondary N) is 1. The predicted molar refractivity (Wildman–Crippen MR) is 134 cm³/mol. The van der Waals surface area contributed by atoms with Crippen molar-refractivity contribution in [1.82, 2.24) is 19.5 Å². The summed E-state index contributed by atoms with van der Waals surface area (Å²) in [6, 6.07) is 14.1. The molecule has 0 aliphatic carbocycles. The minimum Gasteiger partial charge on any atom is -0.506 e. The van der Waals surface area contributed by atoms with E-state index in [0.29, 0.717) is 17.9 Å². The van der Waals surface area contributed by atoms with Gasteiger partial charge in [-0.25, -0.2) is 4.98 Å². The van der Waals surface area contributed by atoms with E-state index in [1.807, 2.05) is 42.5 Å².